The van der Waals surface area contributed by atoms with Crippen LogP contribution in [-0.2, 0) is 6.54 Å². The zero-order valence-corrected chi connectivity index (χ0v) is 9.25. The van der Waals surface area contributed by atoms with Crippen molar-refractivity contribution >= 4 is 17.5 Å². The Balaban J connectivity index is 1.96. The van der Waals surface area contributed by atoms with E-state index in [0.717, 1.165) is 0 Å². The van der Waals surface area contributed by atoms with Gasteiger partial charge in [-0.05, 0) is 24.6 Å². The van der Waals surface area contributed by atoms with Gasteiger partial charge in [0.05, 0.1) is 24.6 Å². The Hall–Kier alpha value is -1.75. The molecule has 2 aromatic rings. The Morgan fingerprint density at radius 1 is 1.62 bits per heavy atom. The lowest BCUT2D eigenvalue weighted by Gasteiger charge is -1.99. The van der Waals surface area contributed by atoms with Crippen molar-refractivity contribution in [3.05, 3.63) is 41.0 Å². The van der Waals surface area contributed by atoms with Gasteiger partial charge >= 0.3 is 0 Å². The van der Waals surface area contributed by atoms with E-state index in [1.54, 1.807) is 13.1 Å². The largest absolute Gasteiger partial charge is 0.452 e. The maximum Gasteiger partial charge on any atom is 0.256 e. The lowest BCUT2D eigenvalue weighted by molar-refractivity contribution is 0.0946. The number of oxazole rings is 1. The van der Waals surface area contributed by atoms with E-state index in [1.165, 1.54) is 12.3 Å². The predicted molar refractivity (Wildman–Crippen MR) is 56.1 cm³/mol. The van der Waals surface area contributed by atoms with E-state index in [1.807, 2.05) is 0 Å². The summed E-state index contributed by atoms with van der Waals surface area (Å²) in [6.07, 6.45) is 2.94. The van der Waals surface area contributed by atoms with Crippen molar-refractivity contribution < 1.29 is 13.6 Å². The number of rotatable bonds is 3. The fourth-order valence-corrected chi connectivity index (χ4v) is 1.39. The molecule has 2 heterocycles. The van der Waals surface area contributed by atoms with Crippen LogP contribution >= 0.6 is 11.6 Å². The highest BCUT2D eigenvalue weighted by Crippen LogP contribution is 2.16. The number of hydrogen-bond acceptors (Lipinski definition) is 4. The van der Waals surface area contributed by atoms with Crippen LogP contribution in [0.4, 0.5) is 0 Å². The van der Waals surface area contributed by atoms with Gasteiger partial charge in [-0.25, -0.2) is 4.98 Å². The number of furan rings is 1. The summed E-state index contributed by atoms with van der Waals surface area (Å²) in [5, 5.41) is 2.69. The van der Waals surface area contributed by atoms with Crippen LogP contribution in [0.15, 0.2) is 27.4 Å². The average Bonchev–Trinajstić information content (AvgIpc) is 2.84. The Kier molecular flexibility index (Phi) is 2.96. The van der Waals surface area contributed by atoms with Crippen LogP contribution in [0.25, 0.3) is 0 Å². The minimum absolute atomic E-state index is 0.0704. The SMILES string of the molecule is Cc1cnc(CNC(=O)c2ccoc2Cl)o1. The number of aromatic nitrogens is 1. The number of hydrogen-bond donors (Lipinski definition) is 1. The first-order valence-electron chi connectivity index (χ1n) is 4.59. The number of carbonyl (C=O) groups excluding carboxylic acids is 1. The van der Waals surface area contributed by atoms with Crippen molar-refractivity contribution in [3.8, 4) is 0 Å². The van der Waals surface area contributed by atoms with Gasteiger partial charge in [-0.1, -0.05) is 0 Å². The Morgan fingerprint density at radius 2 is 2.44 bits per heavy atom. The van der Waals surface area contributed by atoms with E-state index in [4.69, 9.17) is 20.4 Å². The molecule has 5 nitrogen and oxygen atoms in total. The molecular weight excluding hydrogens is 232 g/mol. The molecule has 0 unspecified atom stereocenters. The van der Waals surface area contributed by atoms with E-state index in [2.05, 4.69) is 10.3 Å². The topological polar surface area (TPSA) is 68.3 Å². The monoisotopic (exact) mass is 240 g/mol. The summed E-state index contributed by atoms with van der Waals surface area (Å²) in [7, 11) is 0. The van der Waals surface area contributed by atoms with Crippen LogP contribution in [0.1, 0.15) is 22.0 Å². The maximum absolute atomic E-state index is 11.6. The number of halogens is 1. The molecule has 0 atom stereocenters. The summed E-state index contributed by atoms with van der Waals surface area (Å²) in [6.45, 7) is 2.00. The molecule has 0 spiro atoms. The number of aryl methyl sites for hydroxylation is 1. The first-order valence-corrected chi connectivity index (χ1v) is 4.97. The molecule has 0 aliphatic carbocycles. The minimum atomic E-state index is -0.324. The van der Waals surface area contributed by atoms with Gasteiger partial charge in [0.25, 0.3) is 5.91 Å². The van der Waals surface area contributed by atoms with Crippen molar-refractivity contribution in [2.24, 2.45) is 0 Å². The van der Waals surface area contributed by atoms with Crippen molar-refractivity contribution in [1.29, 1.82) is 0 Å². The van der Waals surface area contributed by atoms with Crippen molar-refractivity contribution in [2.75, 3.05) is 0 Å². The van der Waals surface area contributed by atoms with E-state index < -0.39 is 0 Å². The smallest absolute Gasteiger partial charge is 0.256 e. The molecule has 0 saturated heterocycles. The molecule has 0 fully saturated rings. The third-order valence-electron chi connectivity index (χ3n) is 1.93. The second kappa shape index (κ2) is 4.40. The van der Waals surface area contributed by atoms with E-state index in [0.29, 0.717) is 17.2 Å². The van der Waals surface area contributed by atoms with Crippen LogP contribution in [0.3, 0.4) is 0 Å². The van der Waals surface area contributed by atoms with Gasteiger partial charge in [0.15, 0.2) is 0 Å². The zero-order chi connectivity index (χ0) is 11.5. The summed E-state index contributed by atoms with van der Waals surface area (Å²) in [6, 6.07) is 1.50. The van der Waals surface area contributed by atoms with Crippen LogP contribution < -0.4 is 5.32 Å². The summed E-state index contributed by atoms with van der Waals surface area (Å²) < 4.78 is 10.0. The lowest BCUT2D eigenvalue weighted by Crippen LogP contribution is -2.22. The third-order valence-corrected chi connectivity index (χ3v) is 2.22. The normalized spacial score (nSPS) is 10.4. The van der Waals surface area contributed by atoms with Gasteiger partial charge < -0.3 is 14.2 Å². The van der Waals surface area contributed by atoms with Crippen molar-refractivity contribution in [2.45, 2.75) is 13.5 Å². The number of carbonyl (C=O) groups is 1. The molecule has 0 saturated carbocycles. The third kappa shape index (κ3) is 2.25. The van der Waals surface area contributed by atoms with Crippen LogP contribution in [0.2, 0.25) is 5.22 Å². The number of nitrogens with one attached hydrogen (secondary N) is 1. The molecule has 16 heavy (non-hydrogen) atoms. The molecule has 0 aliphatic heterocycles. The van der Waals surface area contributed by atoms with Crippen LogP contribution in [-0.4, -0.2) is 10.9 Å². The van der Waals surface area contributed by atoms with Gasteiger partial charge in [0, 0.05) is 0 Å². The second-order valence-electron chi connectivity index (χ2n) is 3.16. The van der Waals surface area contributed by atoms with Crippen LogP contribution in [0.5, 0.6) is 0 Å². The molecule has 1 N–H and O–H groups in total. The Bertz CT molecular complexity index is 504. The minimum Gasteiger partial charge on any atom is -0.452 e. The first-order chi connectivity index (χ1) is 7.66. The maximum atomic E-state index is 11.6. The summed E-state index contributed by atoms with van der Waals surface area (Å²) in [4.78, 5) is 15.5. The fourth-order valence-electron chi connectivity index (χ4n) is 1.19. The van der Waals surface area contributed by atoms with E-state index in [-0.39, 0.29) is 17.7 Å². The average molecular weight is 241 g/mol. The van der Waals surface area contributed by atoms with E-state index >= 15 is 0 Å². The first kappa shape index (κ1) is 10.8. The summed E-state index contributed by atoms with van der Waals surface area (Å²) in [5.74, 6) is 0.825. The van der Waals surface area contributed by atoms with Gasteiger partial charge in [-0.2, -0.15) is 0 Å². The fraction of sp³-hybridized carbons (Fsp3) is 0.200. The molecule has 0 aromatic carbocycles. The van der Waals surface area contributed by atoms with Crippen LogP contribution in [0, 0.1) is 6.92 Å². The predicted octanol–water partition coefficient (Wildman–Crippen LogP) is 2.16. The molecule has 6 heteroatoms. The molecule has 2 aromatic heterocycles. The number of amides is 1. The molecule has 84 valence electrons. The molecule has 1 amide bonds. The lowest BCUT2D eigenvalue weighted by atomic mass is 10.3. The zero-order valence-electron chi connectivity index (χ0n) is 8.49. The Morgan fingerprint density at radius 3 is 3.00 bits per heavy atom. The van der Waals surface area contributed by atoms with Gasteiger partial charge in [0.1, 0.15) is 5.76 Å². The Labute approximate surface area is 96.4 Å². The molecule has 2 rings (SSSR count). The molecule has 0 radical (unpaired) electrons. The molecule has 0 aliphatic rings. The summed E-state index contributed by atoms with van der Waals surface area (Å²) >= 11 is 5.65. The van der Waals surface area contributed by atoms with Gasteiger partial charge in [-0.3, -0.25) is 4.79 Å². The highest BCUT2D eigenvalue weighted by Gasteiger charge is 2.13. The molecule has 0 bridgehead atoms. The van der Waals surface area contributed by atoms with Crippen molar-refractivity contribution in [3.63, 3.8) is 0 Å². The summed E-state index contributed by atoms with van der Waals surface area (Å²) in [5.41, 5.74) is 0.296. The second-order valence-corrected chi connectivity index (χ2v) is 3.50. The van der Waals surface area contributed by atoms with Gasteiger partial charge in [-0.15, -0.1) is 0 Å². The van der Waals surface area contributed by atoms with Crippen molar-refractivity contribution in [1.82, 2.24) is 10.3 Å². The van der Waals surface area contributed by atoms with Gasteiger partial charge in [0.2, 0.25) is 11.1 Å². The highest BCUT2D eigenvalue weighted by molar-refractivity contribution is 6.32. The number of nitrogens with zero attached hydrogens (tertiary/aromatic N) is 1. The highest BCUT2D eigenvalue weighted by atomic mass is 35.5. The molecular formula is C10H9ClN2O3. The quantitative estimate of drug-likeness (QED) is 0.893. The van der Waals surface area contributed by atoms with E-state index in [9.17, 15) is 4.79 Å². The standard InChI is InChI=1S/C10H9ClN2O3/c1-6-4-12-8(16-6)5-13-10(14)7-2-3-15-9(7)11/h2-4H,5H2,1H3,(H,13,14).